The van der Waals surface area contributed by atoms with E-state index in [4.69, 9.17) is 19.4 Å². The molecule has 4 nitrogen and oxygen atoms in total. The molecule has 0 atom stereocenters. The Morgan fingerprint density at radius 2 is 1.62 bits per heavy atom. The molecule has 3 rings (SSSR count). The second-order valence-electron chi connectivity index (χ2n) is 6.75. The van der Waals surface area contributed by atoms with Gasteiger partial charge in [0.05, 0.1) is 0 Å². The zero-order valence-electron chi connectivity index (χ0n) is 14.5. The number of benzene rings is 2. The number of rotatable bonds is 2. The van der Waals surface area contributed by atoms with Gasteiger partial charge in [-0.25, -0.2) is 8.78 Å². The molecular weight excluding hydrogens is 408 g/mol. The van der Waals surface area contributed by atoms with Crippen LogP contribution in [0.2, 0.25) is 0 Å². The summed E-state index contributed by atoms with van der Waals surface area (Å²) in [5.41, 5.74) is 0.824. The summed E-state index contributed by atoms with van der Waals surface area (Å²) in [6.07, 6.45) is 0. The van der Waals surface area contributed by atoms with E-state index in [9.17, 15) is 8.78 Å². The molecule has 0 amide bonds. The first-order chi connectivity index (χ1) is 12.2. The second-order valence-corrected chi connectivity index (χ2v) is 7.67. The predicted molar refractivity (Wildman–Crippen MR) is 101 cm³/mol. The molecule has 0 radical (unpaired) electrons. The number of halogens is 3. The fraction of sp³-hybridized carbons (Fsp3) is 0.294. The molecule has 1 aliphatic rings. The van der Waals surface area contributed by atoms with E-state index in [0.717, 1.165) is 10.5 Å². The summed E-state index contributed by atoms with van der Waals surface area (Å²) >= 11 is 3.21. The average molecular weight is 427 g/mol. The summed E-state index contributed by atoms with van der Waals surface area (Å²) in [6.45, 7) is 5.04. The van der Waals surface area contributed by atoms with Crippen molar-refractivity contribution in [3.63, 3.8) is 0 Å². The molecule has 2 aromatic rings. The van der Waals surface area contributed by atoms with E-state index >= 15 is 0 Å². The lowest BCUT2D eigenvalue weighted by Gasteiger charge is -2.33. The summed E-state index contributed by atoms with van der Waals surface area (Å²) in [5, 5.41) is 17.4. The Morgan fingerprint density at radius 3 is 2.08 bits per heavy atom. The lowest BCUT2D eigenvalue weighted by Crippen LogP contribution is -2.47. The highest BCUT2D eigenvalue weighted by Crippen LogP contribution is 2.21. The molecule has 9 heteroatoms. The standard InChI is InChI=1S/C11H13BF2O2.C6H6BBrO2/c1-11(2)6-15-12(16-7-11)8-3-9(13)5-10(14)4-8;8-6-3-1-2-5(4-6)7(9)10/h3-5H,6-7H2,1-2H3;1-4,9-10H. The van der Waals surface area contributed by atoms with Gasteiger partial charge in [0.15, 0.2) is 0 Å². The van der Waals surface area contributed by atoms with Crippen LogP contribution in [0.4, 0.5) is 8.78 Å². The van der Waals surface area contributed by atoms with E-state index in [-0.39, 0.29) is 5.41 Å². The van der Waals surface area contributed by atoms with Gasteiger partial charge >= 0.3 is 14.2 Å². The van der Waals surface area contributed by atoms with Gasteiger partial charge in [-0.05, 0) is 35.2 Å². The molecule has 1 aliphatic heterocycles. The van der Waals surface area contributed by atoms with Gasteiger partial charge in [-0.3, -0.25) is 0 Å². The molecule has 0 saturated carbocycles. The van der Waals surface area contributed by atoms with Gasteiger partial charge < -0.3 is 19.4 Å². The van der Waals surface area contributed by atoms with E-state index in [1.165, 1.54) is 12.1 Å². The highest BCUT2D eigenvalue weighted by molar-refractivity contribution is 9.10. The number of hydrogen-bond acceptors (Lipinski definition) is 4. The first kappa shape index (κ1) is 21.1. The average Bonchev–Trinajstić information content (AvgIpc) is 2.54. The van der Waals surface area contributed by atoms with Crippen LogP contribution in [0.1, 0.15) is 13.8 Å². The van der Waals surface area contributed by atoms with Crippen LogP contribution >= 0.6 is 15.9 Å². The van der Waals surface area contributed by atoms with Crippen molar-refractivity contribution in [1.29, 1.82) is 0 Å². The van der Waals surface area contributed by atoms with Crippen molar-refractivity contribution in [3.8, 4) is 0 Å². The molecule has 0 aromatic heterocycles. The summed E-state index contributed by atoms with van der Waals surface area (Å²) in [5.74, 6) is -1.24. The molecule has 26 heavy (non-hydrogen) atoms. The summed E-state index contributed by atoms with van der Waals surface area (Å²) in [4.78, 5) is 0. The van der Waals surface area contributed by atoms with Crippen LogP contribution in [-0.2, 0) is 9.31 Å². The van der Waals surface area contributed by atoms with E-state index in [0.29, 0.717) is 24.1 Å². The van der Waals surface area contributed by atoms with E-state index in [1.54, 1.807) is 18.2 Å². The van der Waals surface area contributed by atoms with Gasteiger partial charge in [-0.1, -0.05) is 41.9 Å². The third-order valence-corrected chi connectivity index (χ3v) is 4.05. The van der Waals surface area contributed by atoms with E-state index in [2.05, 4.69) is 15.9 Å². The van der Waals surface area contributed by atoms with Gasteiger partial charge in [-0.15, -0.1) is 0 Å². The number of hydrogen-bond donors (Lipinski definition) is 2. The maximum atomic E-state index is 13.0. The van der Waals surface area contributed by atoms with Crippen LogP contribution in [0.5, 0.6) is 0 Å². The fourth-order valence-electron chi connectivity index (χ4n) is 2.26. The molecule has 0 aliphatic carbocycles. The summed E-state index contributed by atoms with van der Waals surface area (Å²) in [6, 6.07) is 10.2. The van der Waals surface area contributed by atoms with Crippen molar-refractivity contribution in [2.24, 2.45) is 5.41 Å². The minimum absolute atomic E-state index is 0.0532. The highest BCUT2D eigenvalue weighted by Gasteiger charge is 2.33. The Hall–Kier alpha value is -1.25. The molecule has 2 N–H and O–H groups in total. The van der Waals surface area contributed by atoms with Crippen molar-refractivity contribution in [2.75, 3.05) is 13.2 Å². The van der Waals surface area contributed by atoms with Gasteiger partial charge in [-0.2, -0.15) is 0 Å². The zero-order chi connectivity index (χ0) is 19.3. The Balaban J connectivity index is 0.000000209. The van der Waals surface area contributed by atoms with Gasteiger partial charge in [0, 0.05) is 29.2 Å². The van der Waals surface area contributed by atoms with Crippen LogP contribution in [0.15, 0.2) is 46.9 Å². The maximum Gasteiger partial charge on any atom is 0.494 e. The third-order valence-electron chi connectivity index (χ3n) is 3.55. The maximum absolute atomic E-state index is 13.0. The molecule has 0 unspecified atom stereocenters. The molecular formula is C17H19B2BrF2O4. The Bertz CT molecular complexity index is 716. The van der Waals surface area contributed by atoms with Crippen LogP contribution < -0.4 is 10.9 Å². The zero-order valence-corrected chi connectivity index (χ0v) is 16.0. The van der Waals surface area contributed by atoms with Crippen molar-refractivity contribution < 1.29 is 28.1 Å². The molecule has 0 bridgehead atoms. The first-order valence-electron chi connectivity index (χ1n) is 7.97. The lowest BCUT2D eigenvalue weighted by atomic mass is 9.76. The fourth-order valence-corrected chi connectivity index (χ4v) is 2.68. The normalized spacial score (nSPS) is 15.9. The van der Waals surface area contributed by atoms with Crippen molar-refractivity contribution in [3.05, 3.63) is 58.6 Å². The van der Waals surface area contributed by atoms with Gasteiger partial charge in [0.25, 0.3) is 0 Å². The molecule has 1 heterocycles. The quantitative estimate of drug-likeness (QED) is 0.720. The largest absolute Gasteiger partial charge is 0.494 e. The van der Waals surface area contributed by atoms with Crippen LogP contribution in [0, 0.1) is 17.0 Å². The second kappa shape index (κ2) is 9.10. The first-order valence-corrected chi connectivity index (χ1v) is 8.76. The summed E-state index contributed by atoms with van der Waals surface area (Å²) < 4.78 is 37.7. The van der Waals surface area contributed by atoms with Gasteiger partial charge in [0.1, 0.15) is 11.6 Å². The molecule has 138 valence electrons. The molecule has 1 fully saturated rings. The van der Waals surface area contributed by atoms with Crippen LogP contribution in [-0.4, -0.2) is 37.5 Å². The predicted octanol–water partition coefficient (Wildman–Crippen LogP) is 1.86. The third kappa shape index (κ3) is 6.48. The molecule has 2 aromatic carbocycles. The van der Waals surface area contributed by atoms with Crippen molar-refractivity contribution >= 4 is 41.1 Å². The minimum atomic E-state index is -1.38. The Morgan fingerprint density at radius 1 is 1.04 bits per heavy atom. The lowest BCUT2D eigenvalue weighted by molar-refractivity contribution is 0.0342. The Kier molecular flexibility index (Phi) is 7.37. The Labute approximate surface area is 160 Å². The van der Waals surface area contributed by atoms with E-state index < -0.39 is 25.9 Å². The summed E-state index contributed by atoms with van der Waals surface area (Å²) in [7, 11) is -2.05. The SMILES string of the molecule is CC1(C)COB(c2cc(F)cc(F)c2)OC1.OB(O)c1cccc(Br)c1. The van der Waals surface area contributed by atoms with Crippen molar-refractivity contribution in [1.82, 2.24) is 0 Å². The minimum Gasteiger partial charge on any atom is -0.423 e. The van der Waals surface area contributed by atoms with Gasteiger partial charge in [0.2, 0.25) is 0 Å². The van der Waals surface area contributed by atoms with Crippen molar-refractivity contribution in [2.45, 2.75) is 13.8 Å². The smallest absolute Gasteiger partial charge is 0.423 e. The van der Waals surface area contributed by atoms with E-state index in [1.807, 2.05) is 19.9 Å². The molecule has 1 saturated heterocycles. The monoisotopic (exact) mass is 426 g/mol. The van der Waals surface area contributed by atoms with Crippen LogP contribution in [0.25, 0.3) is 0 Å². The van der Waals surface area contributed by atoms with Crippen LogP contribution in [0.3, 0.4) is 0 Å². The topological polar surface area (TPSA) is 58.9 Å². The highest BCUT2D eigenvalue weighted by atomic mass is 79.9. The molecule has 0 spiro atoms.